The van der Waals surface area contributed by atoms with Crippen LogP contribution in [0.3, 0.4) is 0 Å². The smallest absolute Gasteiger partial charge is 0.242 e. The predicted molar refractivity (Wildman–Crippen MR) is 101 cm³/mol. The lowest BCUT2D eigenvalue weighted by Crippen LogP contribution is -2.51. The first-order chi connectivity index (χ1) is 12.1. The van der Waals surface area contributed by atoms with E-state index in [0.29, 0.717) is 5.76 Å². The Kier molecular flexibility index (Phi) is 7.14. The Morgan fingerprint density at radius 2 is 2.15 bits per heavy atom. The number of nitrogens with one attached hydrogen (secondary N) is 1. The maximum atomic E-state index is 11.8. The molecule has 0 aliphatic carbocycles. The number of amides is 1. The number of hydrogen-bond donors (Lipinski definition) is 3. The Morgan fingerprint density at radius 1 is 1.42 bits per heavy atom. The highest BCUT2D eigenvalue weighted by molar-refractivity contribution is 5.85. The summed E-state index contributed by atoms with van der Waals surface area (Å²) < 4.78 is 10.4. The van der Waals surface area contributed by atoms with Crippen molar-refractivity contribution in [1.29, 1.82) is 0 Å². The van der Waals surface area contributed by atoms with Gasteiger partial charge in [0.25, 0.3) is 0 Å². The molecule has 144 valence electrons. The van der Waals surface area contributed by atoms with E-state index in [0.717, 1.165) is 42.7 Å². The first-order valence-electron chi connectivity index (χ1n) is 8.54. The van der Waals surface area contributed by atoms with E-state index in [1.165, 1.54) is 6.26 Å². The first-order valence-corrected chi connectivity index (χ1v) is 8.54. The highest BCUT2D eigenvalue weighted by atomic mass is 35.5. The van der Waals surface area contributed by atoms with Crippen molar-refractivity contribution in [3.05, 3.63) is 41.3 Å². The number of aliphatic hydroxyl groups excluding tert-OH is 1. The maximum Gasteiger partial charge on any atom is 0.242 e. The van der Waals surface area contributed by atoms with Gasteiger partial charge >= 0.3 is 0 Å². The summed E-state index contributed by atoms with van der Waals surface area (Å²) in [6.07, 6.45) is 3.22. The largest absolute Gasteiger partial charge is 0.462 e. The number of anilines is 1. The number of para-hydroxylation sites is 1. The molecule has 8 heteroatoms. The zero-order valence-corrected chi connectivity index (χ0v) is 15.6. The van der Waals surface area contributed by atoms with Gasteiger partial charge in [-0.15, -0.1) is 12.4 Å². The van der Waals surface area contributed by atoms with Gasteiger partial charge in [-0.05, 0) is 25.3 Å². The lowest BCUT2D eigenvalue weighted by Gasteiger charge is -2.36. The summed E-state index contributed by atoms with van der Waals surface area (Å²) in [7, 11) is 0. The van der Waals surface area contributed by atoms with Gasteiger partial charge in [0.05, 0.1) is 6.61 Å². The number of ether oxygens (including phenoxy) is 2. The molecule has 2 heterocycles. The lowest BCUT2D eigenvalue weighted by molar-refractivity contribution is -0.123. The molecule has 1 amide bonds. The van der Waals surface area contributed by atoms with Crippen LogP contribution >= 0.6 is 12.4 Å². The molecule has 0 bridgehead atoms. The van der Waals surface area contributed by atoms with Crippen molar-refractivity contribution in [2.45, 2.75) is 38.5 Å². The van der Waals surface area contributed by atoms with Crippen LogP contribution in [0.1, 0.15) is 24.0 Å². The van der Waals surface area contributed by atoms with Crippen molar-refractivity contribution >= 4 is 24.0 Å². The summed E-state index contributed by atoms with van der Waals surface area (Å²) in [5.41, 5.74) is 8.59. The number of carbonyl (C=O) groups is 1. The second-order valence-electron chi connectivity index (χ2n) is 6.48. The molecular formula is C18H26ClN3O4. The highest BCUT2D eigenvalue weighted by Crippen LogP contribution is 2.26. The Morgan fingerprint density at radius 3 is 2.73 bits per heavy atom. The highest BCUT2D eigenvalue weighted by Gasteiger charge is 2.34. The van der Waals surface area contributed by atoms with E-state index in [2.05, 4.69) is 5.32 Å². The van der Waals surface area contributed by atoms with Crippen molar-refractivity contribution in [1.82, 2.24) is 4.90 Å². The van der Waals surface area contributed by atoms with Gasteiger partial charge in [0, 0.05) is 30.4 Å². The molecule has 0 saturated carbocycles. The van der Waals surface area contributed by atoms with E-state index in [1.807, 2.05) is 30.0 Å². The number of halogens is 1. The van der Waals surface area contributed by atoms with Gasteiger partial charge in [0.1, 0.15) is 6.26 Å². The molecule has 1 aromatic carbocycles. The number of carbonyl (C=O) groups excluding carboxylic acids is 1. The topological polar surface area (TPSA) is 97.1 Å². The molecule has 1 aromatic rings. The molecular weight excluding hydrogens is 358 g/mol. The Bertz CT molecular complexity index is 660. The minimum atomic E-state index is -0.574. The number of nitrogens with zero attached hydrogens (tertiary/aromatic N) is 1. The number of aryl methyl sites for hydroxylation is 1. The van der Waals surface area contributed by atoms with Crippen LogP contribution < -0.4 is 11.1 Å². The van der Waals surface area contributed by atoms with Crippen LogP contribution in [0.15, 0.2) is 30.2 Å². The van der Waals surface area contributed by atoms with Crippen LogP contribution in [0.5, 0.6) is 0 Å². The zero-order valence-electron chi connectivity index (χ0n) is 14.8. The Balaban J connectivity index is 0.00000243. The van der Waals surface area contributed by atoms with Gasteiger partial charge in [-0.2, -0.15) is 0 Å². The minimum absolute atomic E-state index is 0. The second-order valence-corrected chi connectivity index (χ2v) is 6.48. The van der Waals surface area contributed by atoms with Gasteiger partial charge < -0.3 is 25.6 Å². The van der Waals surface area contributed by atoms with Crippen LogP contribution in [0, 0.1) is 6.92 Å². The van der Waals surface area contributed by atoms with Crippen molar-refractivity contribution in [3.63, 3.8) is 0 Å². The lowest BCUT2D eigenvalue weighted by atomic mass is 10.00. The van der Waals surface area contributed by atoms with E-state index in [4.69, 9.17) is 15.2 Å². The molecule has 26 heavy (non-hydrogen) atoms. The molecule has 1 unspecified atom stereocenters. The van der Waals surface area contributed by atoms with Crippen molar-refractivity contribution in [3.8, 4) is 0 Å². The van der Waals surface area contributed by atoms with Crippen LogP contribution in [0.25, 0.3) is 0 Å². The van der Waals surface area contributed by atoms with E-state index in [1.54, 1.807) is 0 Å². The molecule has 3 rings (SSSR count). The van der Waals surface area contributed by atoms with Crippen LogP contribution in [0.2, 0.25) is 0 Å². The van der Waals surface area contributed by atoms with E-state index >= 15 is 0 Å². The molecule has 2 aliphatic heterocycles. The molecule has 1 atom stereocenters. The molecule has 1 saturated heterocycles. The van der Waals surface area contributed by atoms with Crippen LogP contribution in [-0.4, -0.2) is 47.9 Å². The summed E-state index contributed by atoms with van der Waals surface area (Å²) in [6.45, 7) is 3.63. The maximum absolute atomic E-state index is 11.8. The number of rotatable bonds is 6. The van der Waals surface area contributed by atoms with E-state index in [9.17, 15) is 9.90 Å². The Hall–Kier alpha value is -1.96. The fourth-order valence-corrected chi connectivity index (χ4v) is 3.47. The molecule has 1 fully saturated rings. The number of benzene rings is 1. The van der Waals surface area contributed by atoms with Gasteiger partial charge in [0.2, 0.25) is 12.7 Å². The number of aliphatic hydroxyl groups is 1. The van der Waals surface area contributed by atoms with Gasteiger partial charge in [-0.25, -0.2) is 0 Å². The fraction of sp³-hybridized carbons (Fsp3) is 0.500. The molecule has 0 spiro atoms. The van der Waals surface area contributed by atoms with Crippen molar-refractivity contribution in [2.24, 2.45) is 5.73 Å². The summed E-state index contributed by atoms with van der Waals surface area (Å²) in [5.74, 6) is 0.0602. The number of likely N-dealkylation sites (tertiary alicyclic amines) is 1. The molecule has 7 nitrogen and oxygen atoms in total. The normalized spacial score (nSPS) is 18.9. The number of piperidine rings is 1. The average molecular weight is 384 g/mol. The van der Waals surface area contributed by atoms with Crippen LogP contribution in [0.4, 0.5) is 5.69 Å². The number of primary amides is 1. The van der Waals surface area contributed by atoms with Crippen molar-refractivity contribution < 1.29 is 19.4 Å². The molecule has 2 aliphatic rings. The summed E-state index contributed by atoms with van der Waals surface area (Å²) >= 11 is 0. The quantitative estimate of drug-likeness (QED) is 0.688. The standard InChI is InChI=1S/C18H25N3O4.ClH/c1-12-3-2-4-13(9-22)16(12)20-14-5-7-21(8-6-14)17(18(19)23)15-10-24-11-25-15;/h2-4,10,14,17,20,22H,5-9,11H2,1H3,(H2,19,23);1H. The first kappa shape index (κ1) is 20.4. The number of hydrogen-bond acceptors (Lipinski definition) is 6. The molecule has 0 radical (unpaired) electrons. The van der Waals surface area contributed by atoms with Gasteiger partial charge in [-0.3, -0.25) is 9.69 Å². The fourth-order valence-electron chi connectivity index (χ4n) is 3.47. The molecule has 4 N–H and O–H groups in total. The third-order valence-corrected chi connectivity index (χ3v) is 4.80. The summed E-state index contributed by atoms with van der Waals surface area (Å²) in [5, 5.41) is 13.1. The predicted octanol–water partition coefficient (Wildman–Crippen LogP) is 1.49. The van der Waals surface area contributed by atoms with Gasteiger partial charge in [-0.1, -0.05) is 18.2 Å². The molecule has 0 aromatic heterocycles. The summed E-state index contributed by atoms with van der Waals surface area (Å²) in [6, 6.07) is 5.62. The third-order valence-electron chi connectivity index (χ3n) is 4.80. The monoisotopic (exact) mass is 383 g/mol. The zero-order chi connectivity index (χ0) is 17.8. The van der Waals surface area contributed by atoms with E-state index in [-0.39, 0.29) is 31.8 Å². The number of nitrogens with two attached hydrogens (primary N) is 1. The van der Waals surface area contributed by atoms with Crippen LogP contribution in [-0.2, 0) is 20.9 Å². The van der Waals surface area contributed by atoms with E-state index < -0.39 is 11.9 Å². The third kappa shape index (κ3) is 4.41. The summed E-state index contributed by atoms with van der Waals surface area (Å²) in [4.78, 5) is 13.9. The van der Waals surface area contributed by atoms with Gasteiger partial charge in [0.15, 0.2) is 11.8 Å². The minimum Gasteiger partial charge on any atom is -0.462 e. The SMILES string of the molecule is Cc1cccc(CO)c1NC1CCN(C(C(N)=O)C2=COCO2)CC1.Cl. The van der Waals surface area contributed by atoms with Crippen molar-refractivity contribution in [2.75, 3.05) is 25.2 Å². The Labute approximate surface area is 159 Å². The average Bonchev–Trinajstić information content (AvgIpc) is 3.12. The second kappa shape index (κ2) is 9.12.